The molecule has 0 aliphatic carbocycles. The third-order valence-electron chi connectivity index (χ3n) is 2.16. The van der Waals surface area contributed by atoms with Crippen LogP contribution >= 0.6 is 0 Å². The van der Waals surface area contributed by atoms with Crippen LogP contribution in [0.5, 0.6) is 0 Å². The third kappa shape index (κ3) is 2.42. The number of rotatable bonds is 3. The van der Waals surface area contributed by atoms with E-state index in [-0.39, 0.29) is 0 Å². The molecule has 0 aromatic heterocycles. The topological polar surface area (TPSA) is 35.2 Å². The Labute approximate surface area is 92.0 Å². The van der Waals surface area contributed by atoms with Crippen molar-refractivity contribution in [2.75, 3.05) is 0 Å². The number of hydrogen-bond acceptors (Lipinski definition) is 2. The van der Waals surface area contributed by atoms with Gasteiger partial charge in [-0.1, -0.05) is 0 Å². The number of nitrogens with two attached hydrogens (primary N) is 1. The standard InChI is InChI=1S/C11H10O.In.H2N/c1-2-3-9-12-10-11-7-5-4-6-8-11;;/h1-8H,10H2;;1H2/q;+1;-1. The first-order valence-electron chi connectivity index (χ1n) is 4.67. The van der Waals surface area contributed by atoms with Crippen LogP contribution in [-0.4, -0.2) is 21.7 Å². The maximum absolute atomic E-state index is 5.97. The molecular formula is C11H12InNO. The van der Waals surface area contributed by atoms with E-state index in [2.05, 4.69) is 16.0 Å². The molecule has 2 rings (SSSR count). The summed E-state index contributed by atoms with van der Waals surface area (Å²) in [5.41, 5.74) is 1.19. The Kier molecular flexibility index (Phi) is 3.32. The third-order valence-corrected chi connectivity index (χ3v) is 6.87. The summed E-state index contributed by atoms with van der Waals surface area (Å²) < 4.78 is 14.8. The van der Waals surface area contributed by atoms with E-state index in [1.807, 2.05) is 30.4 Å². The van der Waals surface area contributed by atoms with Crippen molar-refractivity contribution >= 4 is 21.7 Å². The summed E-state index contributed by atoms with van der Waals surface area (Å²) in [6.45, 7) is 0.638. The molecule has 1 aliphatic heterocycles. The van der Waals surface area contributed by atoms with Gasteiger partial charge in [-0.3, -0.25) is 0 Å². The van der Waals surface area contributed by atoms with Crippen LogP contribution in [0.25, 0.3) is 0 Å². The predicted molar refractivity (Wildman–Crippen MR) is 58.4 cm³/mol. The van der Waals surface area contributed by atoms with Crippen LogP contribution in [0.1, 0.15) is 5.56 Å². The van der Waals surface area contributed by atoms with E-state index in [1.165, 1.54) is 5.56 Å². The van der Waals surface area contributed by atoms with Crippen LogP contribution in [0.2, 0.25) is 0 Å². The van der Waals surface area contributed by atoms with Gasteiger partial charge >= 0.3 is 92.2 Å². The Morgan fingerprint density at radius 1 is 1.21 bits per heavy atom. The summed E-state index contributed by atoms with van der Waals surface area (Å²) in [6.07, 6.45) is 4.02. The first-order chi connectivity index (χ1) is 6.86. The first kappa shape index (κ1) is 9.87. The van der Waals surface area contributed by atoms with Crippen molar-refractivity contribution in [2.45, 2.75) is 6.61 Å². The zero-order chi connectivity index (χ0) is 9.80. The second-order valence-electron chi connectivity index (χ2n) is 3.25. The Morgan fingerprint density at radius 2 is 2.00 bits per heavy atom. The normalized spacial score (nSPS) is 14.4. The van der Waals surface area contributed by atoms with E-state index in [0.29, 0.717) is 6.61 Å². The Balaban J connectivity index is 1.90. The molecular weight excluding hydrogens is 277 g/mol. The SMILES string of the molecule is [NH2][In]1[CH]=CC=[C]1OCc1ccccc1. The van der Waals surface area contributed by atoms with Crippen LogP contribution < -0.4 is 3.72 Å². The second-order valence-corrected chi connectivity index (χ2v) is 8.98. The Morgan fingerprint density at radius 3 is 2.64 bits per heavy atom. The number of ether oxygens (including phenoxy) is 1. The van der Waals surface area contributed by atoms with Crippen molar-refractivity contribution in [3.05, 3.63) is 55.4 Å². The fourth-order valence-corrected chi connectivity index (χ4v) is 4.64. The van der Waals surface area contributed by atoms with Crippen molar-refractivity contribution in [1.82, 2.24) is 0 Å². The molecule has 1 aliphatic rings. The van der Waals surface area contributed by atoms with Crippen molar-refractivity contribution in [1.29, 1.82) is 0 Å². The van der Waals surface area contributed by atoms with Gasteiger partial charge in [0.05, 0.1) is 0 Å². The average Bonchev–Trinajstić information content (AvgIpc) is 2.63. The summed E-state index contributed by atoms with van der Waals surface area (Å²) >= 11 is -2.00. The molecule has 0 atom stereocenters. The van der Waals surface area contributed by atoms with E-state index in [9.17, 15) is 0 Å². The minimum absolute atomic E-state index is 0.638. The average molecular weight is 289 g/mol. The molecule has 1 aromatic carbocycles. The van der Waals surface area contributed by atoms with Crippen molar-refractivity contribution in [2.24, 2.45) is 3.72 Å². The van der Waals surface area contributed by atoms with Gasteiger partial charge in [0.15, 0.2) is 0 Å². The van der Waals surface area contributed by atoms with Crippen LogP contribution in [0.3, 0.4) is 0 Å². The van der Waals surface area contributed by atoms with Gasteiger partial charge in [0.1, 0.15) is 0 Å². The molecule has 0 saturated heterocycles. The molecule has 0 saturated carbocycles. The number of benzene rings is 1. The van der Waals surface area contributed by atoms with Crippen molar-refractivity contribution < 1.29 is 4.74 Å². The molecule has 0 spiro atoms. The van der Waals surface area contributed by atoms with Gasteiger partial charge < -0.3 is 0 Å². The van der Waals surface area contributed by atoms with Gasteiger partial charge in [-0.2, -0.15) is 0 Å². The van der Waals surface area contributed by atoms with Gasteiger partial charge in [0.2, 0.25) is 0 Å². The van der Waals surface area contributed by atoms with Gasteiger partial charge in [-0.05, 0) is 0 Å². The molecule has 0 bridgehead atoms. The molecule has 3 heteroatoms. The molecule has 0 amide bonds. The molecule has 14 heavy (non-hydrogen) atoms. The van der Waals surface area contributed by atoms with E-state index in [0.717, 1.165) is 3.52 Å². The van der Waals surface area contributed by atoms with Gasteiger partial charge in [-0.25, -0.2) is 0 Å². The number of allylic oxidation sites excluding steroid dienone is 2. The van der Waals surface area contributed by atoms with E-state index in [1.54, 1.807) is 0 Å². The monoisotopic (exact) mass is 289 g/mol. The van der Waals surface area contributed by atoms with Crippen molar-refractivity contribution in [3.63, 3.8) is 0 Å². The first-order valence-corrected chi connectivity index (χ1v) is 10.1. The quantitative estimate of drug-likeness (QED) is 0.919. The maximum atomic E-state index is 5.97. The summed E-state index contributed by atoms with van der Waals surface area (Å²) in [4.78, 5) is 0. The van der Waals surface area contributed by atoms with Crippen LogP contribution in [0, 0.1) is 0 Å². The predicted octanol–water partition coefficient (Wildman–Crippen LogP) is 1.69. The van der Waals surface area contributed by atoms with Gasteiger partial charge in [0.25, 0.3) is 0 Å². The fraction of sp³-hybridized carbons (Fsp3) is 0.0909. The van der Waals surface area contributed by atoms with Crippen LogP contribution in [0.4, 0.5) is 0 Å². The summed E-state index contributed by atoms with van der Waals surface area (Å²) in [5.74, 6) is 0. The van der Waals surface area contributed by atoms with Gasteiger partial charge in [0, 0.05) is 0 Å². The summed E-state index contributed by atoms with van der Waals surface area (Å²) in [7, 11) is 0. The van der Waals surface area contributed by atoms with E-state index in [4.69, 9.17) is 8.46 Å². The van der Waals surface area contributed by atoms with E-state index < -0.39 is 21.7 Å². The summed E-state index contributed by atoms with van der Waals surface area (Å²) in [5, 5.41) is 0. The number of hydrogen-bond donors (Lipinski definition) is 1. The molecule has 2 N–H and O–H groups in total. The molecule has 70 valence electrons. The molecule has 0 unspecified atom stereocenters. The minimum atomic E-state index is -2.00. The zero-order valence-electron chi connectivity index (χ0n) is 7.89. The van der Waals surface area contributed by atoms with Gasteiger partial charge in [-0.15, -0.1) is 0 Å². The van der Waals surface area contributed by atoms with Crippen LogP contribution in [-0.2, 0) is 11.3 Å². The molecule has 1 heterocycles. The van der Waals surface area contributed by atoms with Crippen LogP contribution in [0.15, 0.2) is 49.8 Å². The molecule has 0 fully saturated rings. The fourth-order valence-electron chi connectivity index (χ4n) is 1.36. The van der Waals surface area contributed by atoms with Crippen molar-refractivity contribution in [3.8, 4) is 0 Å². The zero-order valence-corrected chi connectivity index (χ0v) is 11.2. The molecule has 0 radical (unpaired) electrons. The second kappa shape index (κ2) is 4.71. The van der Waals surface area contributed by atoms with E-state index >= 15 is 0 Å². The Hall–Kier alpha value is -0.670. The summed E-state index contributed by atoms with van der Waals surface area (Å²) in [6, 6.07) is 10.2. The molecule has 2 nitrogen and oxygen atoms in total. The molecule has 1 aromatic rings. The Bertz CT molecular complexity index is 359.